The largest absolute Gasteiger partial charge is 0.416 e. The highest BCUT2D eigenvalue weighted by Crippen LogP contribution is 2.32. The third-order valence-electron chi connectivity index (χ3n) is 2.61. The van der Waals surface area contributed by atoms with Crippen molar-refractivity contribution in [2.75, 3.05) is 11.9 Å². The van der Waals surface area contributed by atoms with Crippen LogP contribution in [0.5, 0.6) is 0 Å². The van der Waals surface area contributed by atoms with Gasteiger partial charge in [-0.05, 0) is 28.0 Å². The number of hydrogen-bond donors (Lipinski definition) is 0. The summed E-state index contributed by atoms with van der Waals surface area (Å²) in [5.74, 6) is 0. The van der Waals surface area contributed by atoms with E-state index in [9.17, 15) is 18.0 Å². The topological polar surface area (TPSA) is 20.3 Å². The zero-order chi connectivity index (χ0) is 14.9. The first kappa shape index (κ1) is 15.3. The van der Waals surface area contributed by atoms with E-state index in [-0.39, 0.29) is 9.77 Å². The van der Waals surface area contributed by atoms with Crippen LogP contribution in [0.3, 0.4) is 0 Å². The van der Waals surface area contributed by atoms with Crippen LogP contribution in [0, 0.1) is 0 Å². The summed E-state index contributed by atoms with van der Waals surface area (Å²) in [6.45, 7) is 0.379. The highest BCUT2D eigenvalue weighted by molar-refractivity contribution is 7.70. The Kier molecular flexibility index (Phi) is 4.41. The monoisotopic (exact) mass is 339 g/mol. The summed E-state index contributed by atoms with van der Waals surface area (Å²) in [4.78, 5) is 13.0. The lowest BCUT2D eigenvalue weighted by atomic mass is 10.1. The molecule has 2 rings (SSSR count). The molecule has 108 valence electrons. The Labute approximate surface area is 125 Å². The summed E-state index contributed by atoms with van der Waals surface area (Å²) < 4.78 is 37.1. The molecule has 1 aromatic heterocycles. The summed E-state index contributed by atoms with van der Waals surface area (Å²) in [6, 6.07) is 4.92. The predicted molar refractivity (Wildman–Crippen MR) is 77.0 cm³/mol. The van der Waals surface area contributed by atoms with E-state index in [0.717, 1.165) is 22.5 Å². The summed E-state index contributed by atoms with van der Waals surface area (Å²) >= 11 is 5.87. The van der Waals surface area contributed by atoms with Gasteiger partial charge in [0.2, 0.25) is 0 Å². The molecule has 0 saturated carbocycles. The summed E-state index contributed by atoms with van der Waals surface area (Å²) in [5, 5.41) is 0.788. The fraction of sp³-hybridized carbons (Fsp3) is 0.250. The molecular formula is C12H9ClF3NOS2. The van der Waals surface area contributed by atoms with Crippen LogP contribution >= 0.6 is 32.3 Å². The molecule has 0 aliphatic rings. The van der Waals surface area contributed by atoms with E-state index in [2.05, 4.69) is 0 Å². The fourth-order valence-corrected chi connectivity index (χ4v) is 4.36. The summed E-state index contributed by atoms with van der Waals surface area (Å²) in [6.07, 6.45) is -4.33. The van der Waals surface area contributed by atoms with Gasteiger partial charge in [-0.25, -0.2) is 0 Å². The number of alkyl halides is 3. The van der Waals surface area contributed by atoms with Gasteiger partial charge in [0.1, 0.15) is 10.0 Å². The van der Waals surface area contributed by atoms with Gasteiger partial charge in [-0.1, -0.05) is 34.1 Å². The fourth-order valence-electron chi connectivity index (χ4n) is 1.61. The van der Waals surface area contributed by atoms with Gasteiger partial charge in [0.25, 0.3) is 4.74 Å². The molecule has 0 saturated heterocycles. The molecule has 2 aromatic rings. The molecule has 0 unspecified atom stereocenters. The molecule has 1 aromatic carbocycles. The predicted octanol–water partition coefficient (Wildman–Crippen LogP) is 4.48. The molecule has 0 amide bonds. The molecular weight excluding hydrogens is 331 g/mol. The van der Waals surface area contributed by atoms with Crippen LogP contribution in [-0.4, -0.2) is 7.05 Å². The quantitative estimate of drug-likeness (QED) is 0.768. The van der Waals surface area contributed by atoms with Gasteiger partial charge in [-0.2, -0.15) is 13.2 Å². The Morgan fingerprint density at radius 1 is 1.20 bits per heavy atom. The number of rotatable bonds is 3. The van der Waals surface area contributed by atoms with Crippen LogP contribution in [0.25, 0.3) is 0 Å². The number of anilines is 1. The van der Waals surface area contributed by atoms with Gasteiger partial charge in [-0.3, -0.25) is 4.79 Å². The maximum Gasteiger partial charge on any atom is 0.416 e. The molecule has 8 heteroatoms. The Balaban J connectivity index is 2.14. The molecule has 0 N–H and O–H groups in total. The van der Waals surface area contributed by atoms with Crippen LogP contribution in [-0.2, 0) is 12.7 Å². The van der Waals surface area contributed by atoms with E-state index in [0.29, 0.717) is 17.1 Å². The molecule has 1 heterocycles. The highest BCUT2D eigenvalue weighted by atomic mass is 35.5. The number of benzene rings is 1. The summed E-state index contributed by atoms with van der Waals surface area (Å²) in [5.41, 5.74) is 0.0320. The molecule has 2 nitrogen and oxygen atoms in total. The van der Waals surface area contributed by atoms with Gasteiger partial charge in [0.05, 0.1) is 5.56 Å². The van der Waals surface area contributed by atoms with Crippen molar-refractivity contribution in [3.05, 3.63) is 50.0 Å². The third-order valence-corrected chi connectivity index (χ3v) is 5.48. The first-order valence-corrected chi connectivity index (χ1v) is 7.97. The minimum atomic E-state index is -4.33. The van der Waals surface area contributed by atoms with Crippen molar-refractivity contribution >= 4 is 37.3 Å². The molecule has 0 aliphatic heterocycles. The lowest BCUT2D eigenvalue weighted by molar-refractivity contribution is -0.137. The Bertz CT molecular complexity index is 648. The second kappa shape index (κ2) is 5.75. The maximum absolute atomic E-state index is 12.4. The normalized spacial score (nSPS) is 11.7. The van der Waals surface area contributed by atoms with Gasteiger partial charge in [0.15, 0.2) is 0 Å². The molecule has 20 heavy (non-hydrogen) atoms. The van der Waals surface area contributed by atoms with E-state index >= 15 is 0 Å². The van der Waals surface area contributed by atoms with Gasteiger partial charge < -0.3 is 4.90 Å². The number of halogens is 4. The van der Waals surface area contributed by atoms with Crippen molar-refractivity contribution in [3.8, 4) is 0 Å². The van der Waals surface area contributed by atoms with Crippen LogP contribution in [0.15, 0.2) is 29.1 Å². The van der Waals surface area contributed by atoms with Gasteiger partial charge in [0, 0.05) is 13.6 Å². The van der Waals surface area contributed by atoms with E-state index in [1.54, 1.807) is 11.9 Å². The second-order valence-electron chi connectivity index (χ2n) is 4.12. The lowest BCUT2D eigenvalue weighted by Crippen LogP contribution is -2.16. The first-order valence-electron chi connectivity index (χ1n) is 5.45. The van der Waals surface area contributed by atoms with Crippen molar-refractivity contribution in [1.82, 2.24) is 0 Å². The van der Waals surface area contributed by atoms with Gasteiger partial charge >= 0.3 is 6.18 Å². The molecule has 0 atom stereocenters. The minimum absolute atomic E-state index is 0.161. The van der Waals surface area contributed by atoms with E-state index < -0.39 is 11.7 Å². The zero-order valence-corrected chi connectivity index (χ0v) is 12.6. The van der Waals surface area contributed by atoms with Crippen molar-refractivity contribution in [1.29, 1.82) is 0 Å². The summed E-state index contributed by atoms with van der Waals surface area (Å²) in [7, 11) is 4.03. The average molecular weight is 340 g/mol. The van der Waals surface area contributed by atoms with E-state index in [1.807, 2.05) is 0 Å². The Morgan fingerprint density at radius 3 is 2.25 bits per heavy atom. The van der Waals surface area contributed by atoms with Crippen LogP contribution in [0.2, 0.25) is 5.02 Å². The van der Waals surface area contributed by atoms with Crippen LogP contribution in [0.4, 0.5) is 18.2 Å². The molecule has 0 aliphatic carbocycles. The average Bonchev–Trinajstić information content (AvgIpc) is 2.69. The zero-order valence-electron chi connectivity index (χ0n) is 10.2. The first-order chi connectivity index (χ1) is 9.29. The van der Waals surface area contributed by atoms with Crippen molar-refractivity contribution in [2.24, 2.45) is 0 Å². The van der Waals surface area contributed by atoms with Gasteiger partial charge in [-0.15, -0.1) is 0 Å². The number of nitrogens with zero attached hydrogens (tertiary/aromatic N) is 1. The van der Waals surface area contributed by atoms with E-state index in [4.69, 9.17) is 11.6 Å². The Hall–Kier alpha value is -1.05. The second-order valence-corrected chi connectivity index (χ2v) is 6.59. The standard InChI is InChI=1S/C12H9ClF3NOS2/c1-17(10-9(13)11(18)20-19-10)6-7-2-4-8(5-3-7)12(14,15)16/h2-5H,6H2,1H3. The minimum Gasteiger partial charge on any atom is -0.360 e. The lowest BCUT2D eigenvalue weighted by Gasteiger charge is -2.17. The van der Waals surface area contributed by atoms with Crippen LogP contribution < -0.4 is 9.64 Å². The smallest absolute Gasteiger partial charge is 0.360 e. The third kappa shape index (κ3) is 3.34. The maximum atomic E-state index is 12.4. The van der Waals surface area contributed by atoms with Crippen molar-refractivity contribution < 1.29 is 13.2 Å². The van der Waals surface area contributed by atoms with Crippen molar-refractivity contribution in [2.45, 2.75) is 12.7 Å². The van der Waals surface area contributed by atoms with Crippen molar-refractivity contribution in [3.63, 3.8) is 0 Å². The van der Waals surface area contributed by atoms with E-state index in [1.165, 1.54) is 22.5 Å². The molecule has 0 bridgehead atoms. The molecule has 0 fully saturated rings. The molecule has 0 spiro atoms. The SMILES string of the molecule is CN(Cc1ccc(C(F)(F)F)cc1)c1ssc(=O)c1Cl. The highest BCUT2D eigenvalue weighted by Gasteiger charge is 2.29. The molecule has 0 radical (unpaired) electrons. The Morgan fingerprint density at radius 2 is 1.80 bits per heavy atom. The number of hydrogen-bond acceptors (Lipinski definition) is 4. The van der Waals surface area contributed by atoms with Crippen LogP contribution in [0.1, 0.15) is 11.1 Å².